The number of hydrogen-bond donors (Lipinski definition) is 1. The van der Waals surface area contributed by atoms with E-state index in [1.54, 1.807) is 34.9 Å². The fourth-order valence-electron chi connectivity index (χ4n) is 3.30. The Labute approximate surface area is 170 Å². The lowest BCUT2D eigenvalue weighted by Gasteiger charge is -2.07. The van der Waals surface area contributed by atoms with Gasteiger partial charge in [-0.2, -0.15) is 0 Å². The molecule has 0 saturated carbocycles. The summed E-state index contributed by atoms with van der Waals surface area (Å²) in [5.74, 6) is -1.15. The first-order chi connectivity index (χ1) is 13.9. The molecule has 0 unspecified atom stereocenters. The second-order valence-electron chi connectivity index (χ2n) is 7.05. The van der Waals surface area contributed by atoms with Gasteiger partial charge < -0.3 is 9.88 Å². The molecular formula is C22H25FN2O3S. The van der Waals surface area contributed by atoms with Crippen molar-refractivity contribution >= 4 is 26.6 Å². The van der Waals surface area contributed by atoms with Crippen LogP contribution in [-0.2, 0) is 26.9 Å². The minimum Gasteiger partial charge on any atom is -0.355 e. The fraction of sp³-hybridized carbons (Fsp3) is 0.318. The maximum atomic E-state index is 14.0. The number of amides is 1. The summed E-state index contributed by atoms with van der Waals surface area (Å²) in [6.07, 6.45) is 4.51. The minimum atomic E-state index is -3.79. The van der Waals surface area contributed by atoms with Crippen molar-refractivity contribution in [2.75, 3.05) is 6.54 Å². The first-order valence-electron chi connectivity index (χ1n) is 9.73. The molecule has 29 heavy (non-hydrogen) atoms. The third-order valence-electron chi connectivity index (χ3n) is 4.81. The largest absolute Gasteiger partial charge is 0.355 e. The molecule has 2 aromatic carbocycles. The van der Waals surface area contributed by atoms with Crippen LogP contribution in [0.25, 0.3) is 10.9 Å². The van der Waals surface area contributed by atoms with Crippen LogP contribution in [0, 0.1) is 5.82 Å². The van der Waals surface area contributed by atoms with Gasteiger partial charge >= 0.3 is 0 Å². The van der Waals surface area contributed by atoms with Crippen molar-refractivity contribution in [2.45, 2.75) is 43.4 Å². The van der Waals surface area contributed by atoms with E-state index in [4.69, 9.17) is 0 Å². The van der Waals surface area contributed by atoms with Gasteiger partial charge in [0.2, 0.25) is 5.91 Å². The van der Waals surface area contributed by atoms with Gasteiger partial charge in [-0.25, -0.2) is 12.8 Å². The second-order valence-corrected chi connectivity index (χ2v) is 9.00. The molecule has 1 heterocycles. The number of carbonyl (C=O) groups excluding carboxylic acids is 1. The number of halogens is 1. The predicted molar refractivity (Wildman–Crippen MR) is 112 cm³/mol. The Balaban J connectivity index is 1.87. The Morgan fingerprint density at radius 1 is 1.07 bits per heavy atom. The first-order valence-corrected chi connectivity index (χ1v) is 11.4. The van der Waals surface area contributed by atoms with E-state index in [1.165, 1.54) is 24.4 Å². The van der Waals surface area contributed by atoms with Crippen molar-refractivity contribution in [1.82, 2.24) is 9.88 Å². The van der Waals surface area contributed by atoms with Crippen molar-refractivity contribution in [3.8, 4) is 0 Å². The number of unbranched alkanes of at least 4 members (excludes halogenated alkanes) is 2. The summed E-state index contributed by atoms with van der Waals surface area (Å²) in [7, 11) is -3.79. The SMILES string of the molecule is CCCCCNC(=O)Cn1cc(S(=O)(=O)Cc2ccccc2F)c2ccccc21. The van der Waals surface area contributed by atoms with Crippen LogP contribution in [0.4, 0.5) is 4.39 Å². The summed E-state index contributed by atoms with van der Waals surface area (Å²) in [5.41, 5.74) is 0.779. The number of sulfone groups is 1. The zero-order chi connectivity index (χ0) is 20.9. The molecule has 5 nitrogen and oxygen atoms in total. The number of carbonyl (C=O) groups is 1. The maximum Gasteiger partial charge on any atom is 0.239 e. The van der Waals surface area contributed by atoms with Crippen molar-refractivity contribution in [3.63, 3.8) is 0 Å². The molecule has 3 rings (SSSR count). The van der Waals surface area contributed by atoms with Crippen molar-refractivity contribution in [2.24, 2.45) is 0 Å². The number of nitrogens with zero attached hydrogens (tertiary/aromatic N) is 1. The summed E-state index contributed by atoms with van der Waals surface area (Å²) in [4.78, 5) is 12.4. The smallest absolute Gasteiger partial charge is 0.239 e. The Morgan fingerprint density at radius 3 is 2.55 bits per heavy atom. The maximum absolute atomic E-state index is 14.0. The van der Waals surface area contributed by atoms with Crippen molar-refractivity contribution in [3.05, 3.63) is 66.1 Å². The van der Waals surface area contributed by atoms with Gasteiger partial charge in [0, 0.05) is 29.2 Å². The van der Waals surface area contributed by atoms with Gasteiger partial charge in [0.05, 0.1) is 10.6 Å². The van der Waals surface area contributed by atoms with Gasteiger partial charge in [-0.05, 0) is 18.6 Å². The zero-order valence-electron chi connectivity index (χ0n) is 16.4. The Morgan fingerprint density at radius 2 is 1.79 bits per heavy atom. The van der Waals surface area contributed by atoms with Crippen LogP contribution in [-0.4, -0.2) is 25.4 Å². The molecule has 0 fully saturated rings. The highest BCUT2D eigenvalue weighted by Gasteiger charge is 2.23. The summed E-state index contributed by atoms with van der Waals surface area (Å²) < 4.78 is 41.7. The molecule has 154 valence electrons. The minimum absolute atomic E-state index is 0.0296. The van der Waals surface area contributed by atoms with Gasteiger partial charge in [0.25, 0.3) is 0 Å². The number of nitrogens with one attached hydrogen (secondary N) is 1. The van der Waals surface area contributed by atoms with E-state index in [2.05, 4.69) is 12.2 Å². The average molecular weight is 417 g/mol. The molecule has 0 spiro atoms. The Kier molecular flexibility index (Phi) is 6.69. The third kappa shape index (κ3) is 5.03. The zero-order valence-corrected chi connectivity index (χ0v) is 17.2. The van der Waals surface area contributed by atoms with Gasteiger partial charge in [-0.15, -0.1) is 0 Å². The molecule has 1 amide bonds. The molecule has 3 aromatic rings. The molecule has 0 bridgehead atoms. The van der Waals surface area contributed by atoms with Crippen LogP contribution in [0.2, 0.25) is 0 Å². The van der Waals surface area contributed by atoms with Crippen LogP contribution in [0.3, 0.4) is 0 Å². The van der Waals surface area contributed by atoms with E-state index >= 15 is 0 Å². The first kappa shape index (κ1) is 21.0. The number of para-hydroxylation sites is 1. The Hall–Kier alpha value is -2.67. The average Bonchev–Trinajstić information content (AvgIpc) is 3.06. The molecule has 0 radical (unpaired) electrons. The number of benzene rings is 2. The molecule has 0 aliphatic carbocycles. The highest BCUT2D eigenvalue weighted by molar-refractivity contribution is 7.90. The lowest BCUT2D eigenvalue weighted by Crippen LogP contribution is -2.28. The van der Waals surface area contributed by atoms with E-state index < -0.39 is 21.4 Å². The van der Waals surface area contributed by atoms with Crippen LogP contribution in [0.15, 0.2) is 59.6 Å². The number of fused-ring (bicyclic) bond motifs is 1. The van der Waals surface area contributed by atoms with Gasteiger partial charge in [-0.1, -0.05) is 56.2 Å². The summed E-state index contributed by atoms with van der Waals surface area (Å²) >= 11 is 0. The monoisotopic (exact) mass is 416 g/mol. The molecule has 1 aromatic heterocycles. The van der Waals surface area contributed by atoms with E-state index in [0.29, 0.717) is 17.4 Å². The molecule has 7 heteroatoms. The number of aromatic nitrogens is 1. The van der Waals surface area contributed by atoms with Crippen LogP contribution >= 0.6 is 0 Å². The molecule has 1 N–H and O–H groups in total. The predicted octanol–water partition coefficient (Wildman–Crippen LogP) is 4.06. The van der Waals surface area contributed by atoms with Crippen LogP contribution < -0.4 is 5.32 Å². The lowest BCUT2D eigenvalue weighted by atomic mass is 10.2. The van der Waals surface area contributed by atoms with Crippen molar-refractivity contribution < 1.29 is 17.6 Å². The second kappa shape index (κ2) is 9.22. The van der Waals surface area contributed by atoms with E-state index in [0.717, 1.165) is 19.3 Å². The quantitative estimate of drug-likeness (QED) is 0.535. The van der Waals surface area contributed by atoms with E-state index in [9.17, 15) is 17.6 Å². The Bertz CT molecular complexity index is 1110. The lowest BCUT2D eigenvalue weighted by molar-refractivity contribution is -0.121. The van der Waals surface area contributed by atoms with Gasteiger partial charge in [0.1, 0.15) is 12.4 Å². The fourth-order valence-corrected chi connectivity index (χ4v) is 4.90. The van der Waals surface area contributed by atoms with Crippen molar-refractivity contribution in [1.29, 1.82) is 0 Å². The normalized spacial score (nSPS) is 11.7. The molecule has 0 aliphatic heterocycles. The topological polar surface area (TPSA) is 68.2 Å². The summed E-state index contributed by atoms with van der Waals surface area (Å²) in [6.45, 7) is 2.73. The standard InChI is InChI=1S/C22H25FN2O3S/c1-2-3-8-13-24-22(26)15-25-14-21(18-10-5-7-12-20(18)25)29(27,28)16-17-9-4-6-11-19(17)23/h4-7,9-12,14H,2-3,8,13,15-16H2,1H3,(H,24,26). The molecule has 0 atom stereocenters. The highest BCUT2D eigenvalue weighted by atomic mass is 32.2. The summed E-state index contributed by atoms with van der Waals surface area (Å²) in [5, 5.41) is 3.40. The van der Waals surface area contributed by atoms with Gasteiger partial charge in [0.15, 0.2) is 9.84 Å². The van der Waals surface area contributed by atoms with Gasteiger partial charge in [-0.3, -0.25) is 4.79 Å². The molecule has 0 saturated heterocycles. The highest BCUT2D eigenvalue weighted by Crippen LogP contribution is 2.28. The van der Waals surface area contributed by atoms with Crippen LogP contribution in [0.5, 0.6) is 0 Å². The van der Waals surface area contributed by atoms with E-state index in [-0.39, 0.29) is 22.9 Å². The molecular weight excluding hydrogens is 391 g/mol. The van der Waals surface area contributed by atoms with Crippen LogP contribution in [0.1, 0.15) is 31.7 Å². The molecule has 0 aliphatic rings. The van der Waals surface area contributed by atoms with E-state index in [1.807, 2.05) is 0 Å². The summed E-state index contributed by atoms with van der Waals surface area (Å²) in [6, 6.07) is 12.9. The number of hydrogen-bond acceptors (Lipinski definition) is 3. The third-order valence-corrected chi connectivity index (χ3v) is 6.49. The number of rotatable bonds is 9.